The molecule has 0 amide bonds. The predicted molar refractivity (Wildman–Crippen MR) is 60.0 cm³/mol. The molecule has 0 aliphatic carbocycles. The number of phenolic OH excluding ortho intramolecular Hbond substituents is 2. The number of rotatable bonds is 2. The molecule has 0 atom stereocenters. The van der Waals surface area contributed by atoms with Crippen molar-refractivity contribution in [2.24, 2.45) is 0 Å². The van der Waals surface area contributed by atoms with E-state index in [4.69, 9.17) is 0 Å². The van der Waals surface area contributed by atoms with Crippen LogP contribution in [-0.4, -0.2) is 17.3 Å². The molecule has 0 aliphatic heterocycles. The maximum atomic E-state index is 9.71. The molecule has 3 nitrogen and oxygen atoms in total. The van der Waals surface area contributed by atoms with Crippen molar-refractivity contribution in [3.63, 3.8) is 0 Å². The van der Waals surface area contributed by atoms with Crippen molar-refractivity contribution >= 4 is 10.8 Å². The molecule has 0 radical (unpaired) electrons. The van der Waals surface area contributed by atoms with Crippen molar-refractivity contribution in [3.8, 4) is 11.5 Å². The van der Waals surface area contributed by atoms with Gasteiger partial charge >= 0.3 is 0 Å². The van der Waals surface area contributed by atoms with E-state index in [1.807, 2.05) is 19.2 Å². The standard InChI is InChI=1S/C12H13NO2/c1-13-7-11-10-6-9(14)4-2-8(10)3-5-12(11)15/h2-6,13-15H,7H2,1H3. The highest BCUT2D eigenvalue weighted by Crippen LogP contribution is 2.29. The lowest BCUT2D eigenvalue weighted by Gasteiger charge is -2.08. The van der Waals surface area contributed by atoms with Crippen LogP contribution >= 0.6 is 0 Å². The zero-order valence-corrected chi connectivity index (χ0v) is 8.49. The van der Waals surface area contributed by atoms with Gasteiger partial charge in [-0.3, -0.25) is 0 Å². The normalized spacial score (nSPS) is 10.7. The number of hydrogen-bond acceptors (Lipinski definition) is 3. The van der Waals surface area contributed by atoms with Crippen LogP contribution in [0.4, 0.5) is 0 Å². The molecule has 3 N–H and O–H groups in total. The first-order valence-corrected chi connectivity index (χ1v) is 4.80. The molecule has 0 saturated heterocycles. The van der Waals surface area contributed by atoms with Gasteiger partial charge in [0.2, 0.25) is 0 Å². The van der Waals surface area contributed by atoms with Gasteiger partial charge < -0.3 is 15.5 Å². The van der Waals surface area contributed by atoms with E-state index in [2.05, 4.69) is 5.32 Å². The predicted octanol–water partition coefficient (Wildman–Crippen LogP) is 1.97. The Bertz CT molecular complexity index is 489. The van der Waals surface area contributed by atoms with Crippen molar-refractivity contribution in [2.75, 3.05) is 7.05 Å². The van der Waals surface area contributed by atoms with E-state index in [0.29, 0.717) is 6.54 Å². The van der Waals surface area contributed by atoms with Crippen LogP contribution in [0.5, 0.6) is 11.5 Å². The highest BCUT2D eigenvalue weighted by atomic mass is 16.3. The maximum absolute atomic E-state index is 9.71. The third-order valence-electron chi connectivity index (χ3n) is 2.45. The number of nitrogens with one attached hydrogen (secondary N) is 1. The molecule has 0 unspecified atom stereocenters. The Morgan fingerprint density at radius 2 is 1.87 bits per heavy atom. The summed E-state index contributed by atoms with van der Waals surface area (Å²) >= 11 is 0. The molecular formula is C12H13NO2. The van der Waals surface area contributed by atoms with Crippen LogP contribution in [0.2, 0.25) is 0 Å². The van der Waals surface area contributed by atoms with Gasteiger partial charge in [-0.1, -0.05) is 12.1 Å². The monoisotopic (exact) mass is 203 g/mol. The lowest BCUT2D eigenvalue weighted by molar-refractivity contribution is 0.467. The summed E-state index contributed by atoms with van der Waals surface area (Å²) in [4.78, 5) is 0. The van der Waals surface area contributed by atoms with Crippen molar-refractivity contribution in [3.05, 3.63) is 35.9 Å². The summed E-state index contributed by atoms with van der Waals surface area (Å²) in [6.07, 6.45) is 0. The summed E-state index contributed by atoms with van der Waals surface area (Å²) < 4.78 is 0. The fraction of sp³-hybridized carbons (Fsp3) is 0.167. The van der Waals surface area contributed by atoms with E-state index in [0.717, 1.165) is 16.3 Å². The van der Waals surface area contributed by atoms with E-state index in [9.17, 15) is 10.2 Å². The number of aromatic hydroxyl groups is 2. The third-order valence-corrected chi connectivity index (χ3v) is 2.45. The van der Waals surface area contributed by atoms with E-state index in [-0.39, 0.29) is 11.5 Å². The summed E-state index contributed by atoms with van der Waals surface area (Å²) in [5.74, 6) is 0.466. The van der Waals surface area contributed by atoms with Gasteiger partial charge in [0, 0.05) is 12.1 Å². The second-order valence-corrected chi connectivity index (χ2v) is 3.50. The Balaban J connectivity index is 2.72. The van der Waals surface area contributed by atoms with Crippen LogP contribution < -0.4 is 5.32 Å². The largest absolute Gasteiger partial charge is 0.508 e. The molecule has 3 heteroatoms. The number of benzene rings is 2. The summed E-state index contributed by atoms with van der Waals surface area (Å²) in [7, 11) is 1.82. The van der Waals surface area contributed by atoms with Gasteiger partial charge in [-0.15, -0.1) is 0 Å². The molecule has 2 aromatic rings. The van der Waals surface area contributed by atoms with Gasteiger partial charge in [0.05, 0.1) is 0 Å². The molecule has 2 aromatic carbocycles. The van der Waals surface area contributed by atoms with Gasteiger partial charge in [0.15, 0.2) is 0 Å². The van der Waals surface area contributed by atoms with E-state index >= 15 is 0 Å². The Hall–Kier alpha value is -1.74. The van der Waals surface area contributed by atoms with Crippen molar-refractivity contribution in [1.29, 1.82) is 0 Å². The quantitative estimate of drug-likeness (QED) is 0.699. The van der Waals surface area contributed by atoms with Crippen LogP contribution in [0, 0.1) is 0 Å². The van der Waals surface area contributed by atoms with Crippen molar-refractivity contribution in [1.82, 2.24) is 5.32 Å². The molecule has 2 rings (SSSR count). The summed E-state index contributed by atoms with van der Waals surface area (Å²) in [6.45, 7) is 0.576. The zero-order valence-electron chi connectivity index (χ0n) is 8.49. The molecular weight excluding hydrogens is 190 g/mol. The molecule has 0 bridgehead atoms. The molecule has 15 heavy (non-hydrogen) atoms. The summed E-state index contributed by atoms with van der Waals surface area (Å²) in [5, 5.41) is 24.0. The minimum Gasteiger partial charge on any atom is -0.508 e. The fourth-order valence-electron chi connectivity index (χ4n) is 1.72. The molecule has 0 heterocycles. The van der Waals surface area contributed by atoms with Gasteiger partial charge in [-0.2, -0.15) is 0 Å². The highest BCUT2D eigenvalue weighted by Gasteiger charge is 2.06. The first-order chi connectivity index (χ1) is 7.22. The van der Waals surface area contributed by atoms with Crippen LogP contribution in [-0.2, 0) is 6.54 Å². The second-order valence-electron chi connectivity index (χ2n) is 3.50. The average molecular weight is 203 g/mol. The molecule has 78 valence electrons. The minimum atomic E-state index is 0.213. The smallest absolute Gasteiger partial charge is 0.120 e. The van der Waals surface area contributed by atoms with Crippen molar-refractivity contribution in [2.45, 2.75) is 6.54 Å². The van der Waals surface area contributed by atoms with E-state index < -0.39 is 0 Å². The first kappa shape index (κ1) is 9.80. The molecule has 0 aromatic heterocycles. The number of fused-ring (bicyclic) bond motifs is 1. The molecule has 0 fully saturated rings. The molecule has 0 spiro atoms. The lowest BCUT2D eigenvalue weighted by Crippen LogP contribution is -2.05. The Morgan fingerprint density at radius 1 is 1.13 bits per heavy atom. The highest BCUT2D eigenvalue weighted by molar-refractivity contribution is 5.88. The minimum absolute atomic E-state index is 0.213. The third kappa shape index (κ3) is 1.74. The van der Waals surface area contributed by atoms with Gasteiger partial charge in [-0.05, 0) is 36.0 Å². The Morgan fingerprint density at radius 3 is 2.60 bits per heavy atom. The van der Waals surface area contributed by atoms with Gasteiger partial charge in [0.1, 0.15) is 11.5 Å². The Kier molecular flexibility index (Phi) is 2.47. The van der Waals surface area contributed by atoms with Crippen molar-refractivity contribution < 1.29 is 10.2 Å². The summed E-state index contributed by atoms with van der Waals surface area (Å²) in [6, 6.07) is 8.66. The maximum Gasteiger partial charge on any atom is 0.120 e. The topological polar surface area (TPSA) is 52.5 Å². The number of phenols is 2. The molecule has 0 aliphatic rings. The fourth-order valence-corrected chi connectivity index (χ4v) is 1.72. The van der Waals surface area contributed by atoms with E-state index in [1.165, 1.54) is 0 Å². The summed E-state index contributed by atoms with van der Waals surface area (Å²) in [5.41, 5.74) is 0.811. The van der Waals surface area contributed by atoms with Crippen LogP contribution in [0.1, 0.15) is 5.56 Å². The first-order valence-electron chi connectivity index (χ1n) is 4.80. The van der Waals surface area contributed by atoms with Crippen LogP contribution in [0.3, 0.4) is 0 Å². The van der Waals surface area contributed by atoms with Gasteiger partial charge in [0.25, 0.3) is 0 Å². The Labute approximate surface area is 88.0 Å². The number of hydrogen-bond donors (Lipinski definition) is 3. The second kappa shape index (κ2) is 3.79. The zero-order chi connectivity index (χ0) is 10.8. The lowest BCUT2D eigenvalue weighted by atomic mass is 10.0. The van der Waals surface area contributed by atoms with Crippen LogP contribution in [0.25, 0.3) is 10.8 Å². The van der Waals surface area contributed by atoms with E-state index in [1.54, 1.807) is 18.2 Å². The van der Waals surface area contributed by atoms with Gasteiger partial charge in [-0.25, -0.2) is 0 Å². The van der Waals surface area contributed by atoms with Crippen LogP contribution in [0.15, 0.2) is 30.3 Å². The SMILES string of the molecule is CNCc1c(O)ccc2ccc(O)cc12. The average Bonchev–Trinajstić information content (AvgIpc) is 2.23. The molecule has 0 saturated carbocycles.